The summed E-state index contributed by atoms with van der Waals surface area (Å²) in [7, 11) is 0. The third kappa shape index (κ3) is 8.44. The van der Waals surface area contributed by atoms with Crippen molar-refractivity contribution in [2.75, 3.05) is 0 Å². The Labute approximate surface area is 354 Å². The van der Waals surface area contributed by atoms with Crippen molar-refractivity contribution in [2.45, 2.75) is 105 Å². The summed E-state index contributed by atoms with van der Waals surface area (Å²) in [5.41, 5.74) is 14.3. The Balaban J connectivity index is 0.00000549. The van der Waals surface area contributed by atoms with E-state index in [1.807, 2.05) is 24.4 Å². The van der Waals surface area contributed by atoms with Crippen LogP contribution in [0, 0.1) is 6.07 Å². The number of benzene rings is 5. The molecule has 0 spiro atoms. The Morgan fingerprint density at radius 1 is 0.544 bits per heavy atom. The topological polar surface area (TPSA) is 50.9 Å². The van der Waals surface area contributed by atoms with E-state index in [0.29, 0.717) is 11.4 Å². The van der Waals surface area contributed by atoms with Gasteiger partial charge in [0, 0.05) is 38.6 Å². The minimum absolute atomic E-state index is 0. The molecule has 5 aromatic carbocycles. The second kappa shape index (κ2) is 15.2. The number of pyridine rings is 1. The number of aromatic hydroxyl groups is 1. The maximum atomic E-state index is 11.3. The van der Waals surface area contributed by atoms with Crippen molar-refractivity contribution in [3.63, 3.8) is 0 Å². The number of imidazole rings is 1. The summed E-state index contributed by atoms with van der Waals surface area (Å²) in [6, 6.07) is 42.1. The van der Waals surface area contributed by atoms with Gasteiger partial charge in [-0.25, -0.2) is 4.98 Å². The van der Waals surface area contributed by atoms with E-state index in [-0.39, 0.29) is 48.5 Å². The summed E-state index contributed by atoms with van der Waals surface area (Å²) in [6.07, 6.45) is 1.92. The molecule has 0 unspecified atom stereocenters. The van der Waals surface area contributed by atoms with Gasteiger partial charge in [-0.3, -0.25) is 9.55 Å². The van der Waals surface area contributed by atoms with Gasteiger partial charge in [0.15, 0.2) is 0 Å². The van der Waals surface area contributed by atoms with E-state index in [2.05, 4.69) is 179 Å². The first-order valence-corrected chi connectivity index (χ1v) is 19.8. The molecule has 0 bridgehead atoms. The first-order valence-electron chi connectivity index (χ1n) is 19.8. The molecular formula is C52H56N3OPt-. The van der Waals surface area contributed by atoms with Crippen molar-refractivity contribution in [1.29, 1.82) is 0 Å². The van der Waals surface area contributed by atoms with Crippen LogP contribution in [0.15, 0.2) is 115 Å². The van der Waals surface area contributed by atoms with Gasteiger partial charge in [-0.2, -0.15) is 0 Å². The van der Waals surface area contributed by atoms with E-state index in [0.717, 1.165) is 44.7 Å². The molecule has 2 heterocycles. The Kier molecular flexibility index (Phi) is 11.1. The van der Waals surface area contributed by atoms with Crippen molar-refractivity contribution >= 4 is 11.0 Å². The van der Waals surface area contributed by atoms with Crippen LogP contribution in [0.3, 0.4) is 0 Å². The van der Waals surface area contributed by atoms with Gasteiger partial charge in [0.05, 0.1) is 16.6 Å². The standard InChI is InChI=1S/C52H56N3O.Pt/c1-49(2,3)36-27-34(26-35(28-36)44-29-33(24-25-53-44)40-18-13-15-21-43(40)52(10,11)12)41-20-17-22-45-47(41)54-48(42-19-14-16-23-46(42)56)55(45)39-31-37(50(4,5)6)30-38(32-39)51(7,8)9;/h13-25,27-32,56H,1-12H3;/q-1;. The van der Waals surface area contributed by atoms with Crippen LogP contribution in [-0.2, 0) is 42.7 Å². The number of hydrogen-bond acceptors (Lipinski definition) is 3. The fourth-order valence-corrected chi connectivity index (χ4v) is 7.45. The minimum atomic E-state index is -0.139. The molecule has 57 heavy (non-hydrogen) atoms. The molecule has 0 aliphatic heterocycles. The zero-order chi connectivity index (χ0) is 40.4. The van der Waals surface area contributed by atoms with Crippen LogP contribution >= 0.6 is 0 Å². The SMILES string of the molecule is CC(C)(C)c1cc(-c2cc(-c3ccccc3C(C)(C)C)ccn2)[c-]c(-c2cccc3c2nc(-c2ccccc2O)n3-c2cc(C(C)(C)C)cc(C(C)(C)C)c2)c1.[Pt]. The van der Waals surface area contributed by atoms with Crippen molar-refractivity contribution in [2.24, 2.45) is 0 Å². The van der Waals surface area contributed by atoms with Gasteiger partial charge in [0.25, 0.3) is 0 Å². The molecule has 5 heteroatoms. The number of aromatic nitrogens is 3. The first kappa shape index (κ1) is 41.8. The first-order chi connectivity index (χ1) is 26.2. The Bertz CT molecular complexity index is 2550. The normalized spacial score (nSPS) is 12.5. The van der Waals surface area contributed by atoms with Crippen molar-refractivity contribution in [3.8, 4) is 56.3 Å². The third-order valence-electron chi connectivity index (χ3n) is 10.8. The molecule has 0 aliphatic carbocycles. The largest absolute Gasteiger partial charge is 0.507 e. The number of para-hydroxylation sites is 2. The van der Waals surface area contributed by atoms with Gasteiger partial charge < -0.3 is 5.11 Å². The van der Waals surface area contributed by atoms with Crippen LogP contribution < -0.4 is 0 Å². The van der Waals surface area contributed by atoms with Crippen molar-refractivity contribution < 1.29 is 26.2 Å². The maximum absolute atomic E-state index is 11.3. The third-order valence-corrected chi connectivity index (χ3v) is 10.8. The Morgan fingerprint density at radius 3 is 1.72 bits per heavy atom. The van der Waals surface area contributed by atoms with E-state index >= 15 is 0 Å². The fourth-order valence-electron chi connectivity index (χ4n) is 7.45. The quantitative estimate of drug-likeness (QED) is 0.175. The van der Waals surface area contributed by atoms with Crippen LogP contribution in [0.1, 0.15) is 105 Å². The molecule has 7 aromatic rings. The van der Waals surface area contributed by atoms with Gasteiger partial charge >= 0.3 is 0 Å². The van der Waals surface area contributed by atoms with E-state index in [9.17, 15) is 5.11 Å². The summed E-state index contributed by atoms with van der Waals surface area (Å²) < 4.78 is 2.23. The van der Waals surface area contributed by atoms with Gasteiger partial charge in [-0.05, 0) is 85.9 Å². The van der Waals surface area contributed by atoms with E-state index < -0.39 is 0 Å². The van der Waals surface area contributed by atoms with Gasteiger partial charge in [-0.15, -0.1) is 29.3 Å². The van der Waals surface area contributed by atoms with Crippen molar-refractivity contribution in [3.05, 3.63) is 144 Å². The number of phenolic OH excluding ortho intramolecular Hbond substituents is 1. The molecule has 0 aliphatic rings. The molecule has 4 nitrogen and oxygen atoms in total. The molecule has 0 fully saturated rings. The van der Waals surface area contributed by atoms with Gasteiger partial charge in [0.2, 0.25) is 0 Å². The predicted molar refractivity (Wildman–Crippen MR) is 236 cm³/mol. The average molecular weight is 934 g/mol. The zero-order valence-corrected chi connectivity index (χ0v) is 37.8. The second-order valence-electron chi connectivity index (χ2n) is 19.4. The number of phenols is 1. The fraction of sp³-hybridized carbons (Fsp3) is 0.308. The molecule has 7 rings (SSSR count). The minimum Gasteiger partial charge on any atom is -0.507 e. The summed E-state index contributed by atoms with van der Waals surface area (Å²) in [4.78, 5) is 10.4. The van der Waals surface area contributed by atoms with E-state index in [1.54, 1.807) is 6.07 Å². The molecular weight excluding hydrogens is 878 g/mol. The number of hydrogen-bond donors (Lipinski definition) is 1. The summed E-state index contributed by atoms with van der Waals surface area (Å²) in [5.74, 6) is 0.881. The molecule has 296 valence electrons. The predicted octanol–water partition coefficient (Wildman–Crippen LogP) is 13.8. The van der Waals surface area contributed by atoms with Crippen molar-refractivity contribution in [1.82, 2.24) is 14.5 Å². The zero-order valence-electron chi connectivity index (χ0n) is 35.6. The van der Waals surface area contributed by atoms with Gasteiger partial charge in [0.1, 0.15) is 11.6 Å². The smallest absolute Gasteiger partial charge is 0.148 e. The average Bonchev–Trinajstić information content (AvgIpc) is 3.53. The molecule has 0 saturated heterocycles. The molecule has 0 atom stereocenters. The monoisotopic (exact) mass is 933 g/mol. The Morgan fingerprint density at radius 2 is 1.11 bits per heavy atom. The molecule has 0 saturated carbocycles. The number of nitrogens with zero attached hydrogens (tertiary/aromatic N) is 3. The molecule has 2 aromatic heterocycles. The van der Waals surface area contributed by atoms with E-state index in [4.69, 9.17) is 9.97 Å². The van der Waals surface area contributed by atoms with Crippen LogP contribution in [0.4, 0.5) is 0 Å². The molecule has 0 radical (unpaired) electrons. The molecule has 1 N–H and O–H groups in total. The van der Waals surface area contributed by atoms with Crippen LogP contribution in [0.25, 0.3) is 61.6 Å². The van der Waals surface area contributed by atoms with Crippen LogP contribution in [0.5, 0.6) is 5.75 Å². The van der Waals surface area contributed by atoms with Crippen LogP contribution in [-0.4, -0.2) is 19.6 Å². The maximum Gasteiger partial charge on any atom is 0.148 e. The van der Waals surface area contributed by atoms with Gasteiger partial charge in [-0.1, -0.05) is 155 Å². The molecule has 0 amide bonds. The summed E-state index contributed by atoms with van der Waals surface area (Å²) >= 11 is 0. The summed E-state index contributed by atoms with van der Waals surface area (Å²) in [5, 5.41) is 11.3. The number of rotatable bonds is 5. The van der Waals surface area contributed by atoms with E-state index in [1.165, 1.54) is 27.8 Å². The summed E-state index contributed by atoms with van der Waals surface area (Å²) in [6.45, 7) is 27.1. The number of fused-ring (bicyclic) bond motifs is 1. The van der Waals surface area contributed by atoms with Crippen LogP contribution in [0.2, 0.25) is 0 Å². The Hall–Kier alpha value is -4.79. The second-order valence-corrected chi connectivity index (χ2v) is 19.4.